The van der Waals surface area contributed by atoms with E-state index >= 15 is 0 Å². The molecule has 0 bridgehead atoms. The molecule has 1 aliphatic heterocycles. The summed E-state index contributed by atoms with van der Waals surface area (Å²) in [4.78, 5) is 25.4. The fourth-order valence-electron chi connectivity index (χ4n) is 4.14. The summed E-state index contributed by atoms with van der Waals surface area (Å²) in [6.07, 6.45) is -0.00428. The minimum Gasteiger partial charge on any atom is -0.398 e. The van der Waals surface area contributed by atoms with Gasteiger partial charge in [-0.3, -0.25) is 4.79 Å². The van der Waals surface area contributed by atoms with Gasteiger partial charge in [0.15, 0.2) is 0 Å². The Kier molecular flexibility index (Phi) is 6.52. The predicted molar refractivity (Wildman–Crippen MR) is 115 cm³/mol. The second-order valence-corrected chi connectivity index (χ2v) is 8.44. The summed E-state index contributed by atoms with van der Waals surface area (Å²) in [5, 5.41) is 3.93. The Bertz CT molecular complexity index is 919. The molecule has 0 aliphatic carbocycles. The van der Waals surface area contributed by atoms with E-state index in [0.29, 0.717) is 21.3 Å². The monoisotopic (exact) mass is 434 g/mol. The maximum absolute atomic E-state index is 12.9. The largest absolute Gasteiger partial charge is 0.398 e. The number of carbonyl (C=O) groups excluding carboxylic acids is 2. The van der Waals surface area contributed by atoms with E-state index in [-0.39, 0.29) is 25.0 Å². The number of amides is 1. The standard InChI is InChI=1S/C22H24Cl2N2O3/c1-13(2)29-20-10-21(28)26-11-18(14-4-3-5-15(23)8-14)22(20,12-27)17-7-6-16(24)9-19(17)25/h3-9,12-13,18,20H,10-11,25H2,1-2H3,(H,26,28)/t18-,20-,22+/m1/s1. The summed E-state index contributed by atoms with van der Waals surface area (Å²) in [6, 6.07) is 12.3. The van der Waals surface area contributed by atoms with E-state index in [1.165, 1.54) is 0 Å². The highest BCUT2D eigenvalue weighted by molar-refractivity contribution is 6.31. The zero-order chi connectivity index (χ0) is 21.2. The topological polar surface area (TPSA) is 81.4 Å². The predicted octanol–water partition coefficient (Wildman–Crippen LogP) is 4.11. The van der Waals surface area contributed by atoms with Crippen LogP contribution in [-0.4, -0.2) is 30.9 Å². The third kappa shape index (κ3) is 4.27. The lowest BCUT2D eigenvalue weighted by Crippen LogP contribution is -2.49. The maximum Gasteiger partial charge on any atom is 0.222 e. The highest BCUT2D eigenvalue weighted by Crippen LogP contribution is 2.47. The Morgan fingerprint density at radius 3 is 2.55 bits per heavy atom. The molecule has 3 N–H and O–H groups in total. The Balaban J connectivity index is 2.30. The van der Waals surface area contributed by atoms with E-state index in [1.807, 2.05) is 26.0 Å². The van der Waals surface area contributed by atoms with Crippen LogP contribution in [0.1, 0.15) is 37.3 Å². The van der Waals surface area contributed by atoms with E-state index in [1.54, 1.807) is 30.3 Å². The van der Waals surface area contributed by atoms with Gasteiger partial charge in [0.05, 0.1) is 24.0 Å². The number of benzene rings is 2. The molecule has 154 valence electrons. The Labute approximate surface area is 180 Å². The fraction of sp³-hybridized carbons (Fsp3) is 0.364. The van der Waals surface area contributed by atoms with Gasteiger partial charge in [0.2, 0.25) is 5.91 Å². The van der Waals surface area contributed by atoms with Crippen LogP contribution in [0.4, 0.5) is 5.69 Å². The van der Waals surface area contributed by atoms with Crippen molar-refractivity contribution in [3.8, 4) is 0 Å². The third-order valence-electron chi connectivity index (χ3n) is 5.35. The number of ether oxygens (including phenoxy) is 1. The summed E-state index contributed by atoms with van der Waals surface area (Å²) in [5.74, 6) is -0.615. The molecule has 2 aromatic rings. The highest BCUT2D eigenvalue weighted by atomic mass is 35.5. The molecule has 0 spiro atoms. The molecule has 3 atom stereocenters. The molecular formula is C22H24Cl2N2O3. The Hall–Kier alpha value is -2.08. The molecule has 0 aromatic heterocycles. The van der Waals surface area contributed by atoms with Crippen LogP contribution in [-0.2, 0) is 19.7 Å². The van der Waals surface area contributed by atoms with Gasteiger partial charge in [0.25, 0.3) is 0 Å². The van der Waals surface area contributed by atoms with E-state index in [4.69, 9.17) is 33.7 Å². The van der Waals surface area contributed by atoms with Gasteiger partial charge in [-0.05, 0) is 49.2 Å². The molecule has 1 amide bonds. The van der Waals surface area contributed by atoms with Crippen molar-refractivity contribution in [1.82, 2.24) is 5.32 Å². The average molecular weight is 435 g/mol. The van der Waals surface area contributed by atoms with Gasteiger partial charge in [-0.25, -0.2) is 0 Å². The first kappa shape index (κ1) is 21.6. The van der Waals surface area contributed by atoms with Crippen LogP contribution in [0.2, 0.25) is 10.0 Å². The quantitative estimate of drug-likeness (QED) is 0.547. The van der Waals surface area contributed by atoms with Gasteiger partial charge < -0.3 is 20.6 Å². The number of rotatable bonds is 5. The summed E-state index contributed by atoms with van der Waals surface area (Å²) in [6.45, 7) is 3.99. The van der Waals surface area contributed by atoms with Crippen molar-refractivity contribution >= 4 is 41.1 Å². The molecule has 1 heterocycles. The average Bonchev–Trinajstić information content (AvgIpc) is 2.78. The van der Waals surface area contributed by atoms with Crippen LogP contribution in [0.25, 0.3) is 0 Å². The lowest BCUT2D eigenvalue weighted by Gasteiger charge is -2.42. The maximum atomic E-state index is 12.9. The molecule has 29 heavy (non-hydrogen) atoms. The number of aldehydes is 1. The smallest absolute Gasteiger partial charge is 0.222 e. The van der Waals surface area contributed by atoms with Crippen LogP contribution in [0, 0.1) is 0 Å². The Morgan fingerprint density at radius 2 is 1.93 bits per heavy atom. The molecule has 1 fully saturated rings. The van der Waals surface area contributed by atoms with Crippen molar-refractivity contribution < 1.29 is 14.3 Å². The van der Waals surface area contributed by atoms with Crippen LogP contribution in [0.15, 0.2) is 42.5 Å². The number of carbonyl (C=O) groups is 2. The molecule has 0 unspecified atom stereocenters. The number of anilines is 1. The van der Waals surface area contributed by atoms with Crippen molar-refractivity contribution in [2.45, 2.75) is 43.8 Å². The van der Waals surface area contributed by atoms with Crippen molar-refractivity contribution in [2.75, 3.05) is 12.3 Å². The molecule has 1 saturated heterocycles. The van der Waals surface area contributed by atoms with Crippen LogP contribution >= 0.6 is 23.2 Å². The van der Waals surface area contributed by atoms with Crippen molar-refractivity contribution in [3.05, 3.63) is 63.6 Å². The van der Waals surface area contributed by atoms with E-state index in [2.05, 4.69) is 5.32 Å². The van der Waals surface area contributed by atoms with Crippen molar-refractivity contribution in [3.63, 3.8) is 0 Å². The zero-order valence-corrected chi connectivity index (χ0v) is 17.8. The summed E-state index contributed by atoms with van der Waals surface area (Å²) in [7, 11) is 0. The van der Waals surface area contributed by atoms with Gasteiger partial charge in [-0.15, -0.1) is 0 Å². The second-order valence-electron chi connectivity index (χ2n) is 7.57. The lowest BCUT2D eigenvalue weighted by atomic mass is 9.64. The SMILES string of the molecule is CC(C)O[C@@H]1CC(=O)NC[C@H](c2cccc(Cl)c2)[C@]1(C=O)c1ccc(Cl)cc1N. The first-order valence-corrected chi connectivity index (χ1v) is 10.2. The normalized spacial score (nSPS) is 24.8. The van der Waals surface area contributed by atoms with E-state index < -0.39 is 17.4 Å². The number of hydrogen-bond acceptors (Lipinski definition) is 4. The summed E-state index contributed by atoms with van der Waals surface area (Å²) < 4.78 is 6.16. The first-order chi connectivity index (χ1) is 13.8. The summed E-state index contributed by atoms with van der Waals surface area (Å²) in [5.41, 5.74) is 6.91. The number of nitrogens with two attached hydrogens (primary N) is 1. The van der Waals surface area contributed by atoms with Crippen LogP contribution < -0.4 is 11.1 Å². The van der Waals surface area contributed by atoms with Crippen molar-refractivity contribution in [1.29, 1.82) is 0 Å². The number of hydrogen-bond donors (Lipinski definition) is 2. The fourth-order valence-corrected chi connectivity index (χ4v) is 4.51. The molecule has 0 radical (unpaired) electrons. The third-order valence-corrected chi connectivity index (χ3v) is 5.82. The number of halogens is 2. The molecule has 0 saturated carbocycles. The highest BCUT2D eigenvalue weighted by Gasteiger charge is 2.52. The second kappa shape index (κ2) is 8.74. The molecule has 1 aliphatic rings. The van der Waals surface area contributed by atoms with Crippen LogP contribution in [0.3, 0.4) is 0 Å². The zero-order valence-electron chi connectivity index (χ0n) is 16.3. The van der Waals surface area contributed by atoms with Crippen molar-refractivity contribution in [2.24, 2.45) is 0 Å². The minimum atomic E-state index is -1.21. The van der Waals surface area contributed by atoms with Gasteiger partial charge in [-0.1, -0.05) is 41.4 Å². The van der Waals surface area contributed by atoms with Gasteiger partial charge >= 0.3 is 0 Å². The molecule has 3 rings (SSSR count). The van der Waals surface area contributed by atoms with E-state index in [9.17, 15) is 9.59 Å². The minimum absolute atomic E-state index is 0.0378. The summed E-state index contributed by atoms with van der Waals surface area (Å²) >= 11 is 12.4. The molecule has 2 aromatic carbocycles. The number of nitrogen functional groups attached to an aromatic ring is 1. The van der Waals surface area contributed by atoms with Crippen LogP contribution in [0.5, 0.6) is 0 Å². The molecule has 5 nitrogen and oxygen atoms in total. The van der Waals surface area contributed by atoms with E-state index in [0.717, 1.165) is 11.8 Å². The lowest BCUT2D eigenvalue weighted by molar-refractivity contribution is -0.129. The Morgan fingerprint density at radius 1 is 1.21 bits per heavy atom. The molecule has 7 heteroatoms. The molecular weight excluding hydrogens is 411 g/mol. The van der Waals surface area contributed by atoms with Gasteiger partial charge in [0, 0.05) is 28.2 Å². The van der Waals surface area contributed by atoms with Gasteiger partial charge in [0.1, 0.15) is 6.29 Å². The first-order valence-electron chi connectivity index (χ1n) is 9.47. The van der Waals surface area contributed by atoms with Gasteiger partial charge in [-0.2, -0.15) is 0 Å². The number of nitrogens with one attached hydrogen (secondary N) is 1.